The van der Waals surface area contributed by atoms with Crippen molar-refractivity contribution in [3.05, 3.63) is 34.9 Å². The van der Waals surface area contributed by atoms with Crippen LogP contribution in [-0.4, -0.2) is 12.5 Å². The zero-order valence-corrected chi connectivity index (χ0v) is 13.5. The third-order valence-electron chi connectivity index (χ3n) is 4.70. The minimum Gasteiger partial charge on any atom is -0.352 e. The summed E-state index contributed by atoms with van der Waals surface area (Å²) in [6.07, 6.45) is 5.18. The lowest BCUT2D eigenvalue weighted by Crippen LogP contribution is -2.31. The molecule has 2 atom stereocenters. The Balaban J connectivity index is 0.00000161. The molecular formula is C17H25ClN2O. The summed E-state index contributed by atoms with van der Waals surface area (Å²) in [4.78, 5) is 12.2. The molecule has 0 saturated heterocycles. The fourth-order valence-electron chi connectivity index (χ4n) is 3.52. The fraction of sp³-hybridized carbons (Fsp3) is 0.588. The molecule has 0 spiro atoms. The molecule has 1 amide bonds. The van der Waals surface area contributed by atoms with Gasteiger partial charge >= 0.3 is 0 Å². The van der Waals surface area contributed by atoms with Gasteiger partial charge in [0.2, 0.25) is 0 Å². The third-order valence-corrected chi connectivity index (χ3v) is 4.70. The number of hydrogen-bond donors (Lipinski definition) is 2. The molecule has 1 aliphatic heterocycles. The van der Waals surface area contributed by atoms with Crippen molar-refractivity contribution < 1.29 is 4.79 Å². The lowest BCUT2D eigenvalue weighted by atomic mass is 9.82. The molecule has 116 valence electrons. The van der Waals surface area contributed by atoms with Gasteiger partial charge in [-0.3, -0.25) is 4.79 Å². The molecule has 1 heterocycles. The van der Waals surface area contributed by atoms with E-state index in [4.69, 9.17) is 0 Å². The van der Waals surface area contributed by atoms with Crippen LogP contribution in [0.4, 0.5) is 0 Å². The average Bonchev–Trinajstić information content (AvgIpc) is 2.92. The topological polar surface area (TPSA) is 41.1 Å². The Kier molecular flexibility index (Phi) is 5.65. The summed E-state index contributed by atoms with van der Waals surface area (Å²) in [6.45, 7) is 4.97. The highest BCUT2D eigenvalue weighted by atomic mass is 35.5. The van der Waals surface area contributed by atoms with Gasteiger partial charge in [-0.15, -0.1) is 12.4 Å². The van der Waals surface area contributed by atoms with Crippen molar-refractivity contribution in [2.75, 3.05) is 6.54 Å². The highest BCUT2D eigenvalue weighted by molar-refractivity contribution is 5.94. The standard InChI is InChI=1S/C17H24N2O.ClH/c1-12-3-2-4-13(7-12)9-19-17(20)14-5-6-15-10-18-11-16(15)8-14;/h5-6,8,12-13,18H,2-4,7,9-11H2,1H3,(H,19,20);1H. The van der Waals surface area contributed by atoms with Gasteiger partial charge in [-0.1, -0.05) is 25.8 Å². The summed E-state index contributed by atoms with van der Waals surface area (Å²) in [5.74, 6) is 1.56. The van der Waals surface area contributed by atoms with Crippen molar-refractivity contribution in [3.63, 3.8) is 0 Å². The summed E-state index contributed by atoms with van der Waals surface area (Å²) >= 11 is 0. The van der Waals surface area contributed by atoms with E-state index in [1.807, 2.05) is 12.1 Å². The van der Waals surface area contributed by atoms with Gasteiger partial charge in [0.05, 0.1) is 0 Å². The number of carbonyl (C=O) groups excluding carboxylic acids is 1. The van der Waals surface area contributed by atoms with Crippen LogP contribution in [0.1, 0.15) is 54.1 Å². The van der Waals surface area contributed by atoms with E-state index >= 15 is 0 Å². The van der Waals surface area contributed by atoms with E-state index in [0.717, 1.165) is 31.1 Å². The van der Waals surface area contributed by atoms with E-state index < -0.39 is 0 Å². The minimum absolute atomic E-state index is 0. The smallest absolute Gasteiger partial charge is 0.251 e. The summed E-state index contributed by atoms with van der Waals surface area (Å²) in [6, 6.07) is 6.06. The normalized spacial score (nSPS) is 24.0. The van der Waals surface area contributed by atoms with Gasteiger partial charge in [-0.25, -0.2) is 0 Å². The highest BCUT2D eigenvalue weighted by Gasteiger charge is 2.20. The molecule has 2 N–H and O–H groups in total. The van der Waals surface area contributed by atoms with Gasteiger partial charge in [0.25, 0.3) is 5.91 Å². The van der Waals surface area contributed by atoms with Crippen molar-refractivity contribution >= 4 is 18.3 Å². The van der Waals surface area contributed by atoms with Crippen molar-refractivity contribution in [2.45, 2.75) is 45.7 Å². The summed E-state index contributed by atoms with van der Waals surface area (Å²) < 4.78 is 0. The maximum atomic E-state index is 12.2. The van der Waals surface area contributed by atoms with Crippen LogP contribution in [0, 0.1) is 11.8 Å². The first kappa shape index (κ1) is 16.3. The van der Waals surface area contributed by atoms with E-state index in [1.54, 1.807) is 0 Å². The van der Waals surface area contributed by atoms with Crippen LogP contribution in [-0.2, 0) is 13.1 Å². The van der Waals surface area contributed by atoms with E-state index in [1.165, 1.54) is 36.8 Å². The molecule has 3 rings (SSSR count). The van der Waals surface area contributed by atoms with Crippen LogP contribution >= 0.6 is 12.4 Å². The van der Waals surface area contributed by atoms with Crippen molar-refractivity contribution in [3.8, 4) is 0 Å². The minimum atomic E-state index is 0. The van der Waals surface area contributed by atoms with Gasteiger partial charge in [0.1, 0.15) is 0 Å². The molecule has 1 aliphatic carbocycles. The number of fused-ring (bicyclic) bond motifs is 1. The Hall–Kier alpha value is -1.06. The maximum absolute atomic E-state index is 12.2. The molecule has 0 bridgehead atoms. The zero-order chi connectivity index (χ0) is 13.9. The number of carbonyl (C=O) groups is 1. The summed E-state index contributed by atoms with van der Waals surface area (Å²) in [7, 11) is 0. The first-order chi connectivity index (χ1) is 9.72. The predicted molar refractivity (Wildman–Crippen MR) is 87.7 cm³/mol. The molecule has 3 nitrogen and oxygen atoms in total. The molecule has 1 fully saturated rings. The van der Waals surface area contributed by atoms with Crippen molar-refractivity contribution in [1.82, 2.24) is 10.6 Å². The Labute approximate surface area is 133 Å². The number of halogens is 1. The Morgan fingerprint density at radius 2 is 2.10 bits per heavy atom. The monoisotopic (exact) mass is 308 g/mol. The highest BCUT2D eigenvalue weighted by Crippen LogP contribution is 2.28. The number of nitrogens with one attached hydrogen (secondary N) is 2. The number of hydrogen-bond acceptors (Lipinski definition) is 2. The number of amides is 1. The van der Waals surface area contributed by atoms with Crippen LogP contribution in [0.15, 0.2) is 18.2 Å². The number of rotatable bonds is 3. The fourth-order valence-corrected chi connectivity index (χ4v) is 3.52. The van der Waals surface area contributed by atoms with Gasteiger partial charge in [-0.2, -0.15) is 0 Å². The molecular weight excluding hydrogens is 284 g/mol. The van der Waals surface area contributed by atoms with Crippen molar-refractivity contribution in [2.24, 2.45) is 11.8 Å². The maximum Gasteiger partial charge on any atom is 0.251 e. The van der Waals surface area contributed by atoms with E-state index in [9.17, 15) is 4.79 Å². The Bertz CT molecular complexity index is 504. The summed E-state index contributed by atoms with van der Waals surface area (Å²) in [5.41, 5.74) is 3.39. The third kappa shape index (κ3) is 3.98. The second kappa shape index (κ2) is 7.28. The average molecular weight is 309 g/mol. The second-order valence-corrected chi connectivity index (χ2v) is 6.43. The Morgan fingerprint density at radius 1 is 1.29 bits per heavy atom. The predicted octanol–water partition coefficient (Wildman–Crippen LogP) is 3.27. The first-order valence-corrected chi connectivity index (χ1v) is 7.83. The van der Waals surface area contributed by atoms with Gasteiger partial charge in [-0.05, 0) is 47.9 Å². The zero-order valence-electron chi connectivity index (χ0n) is 12.7. The largest absolute Gasteiger partial charge is 0.352 e. The van der Waals surface area contributed by atoms with Gasteiger partial charge in [0, 0.05) is 25.2 Å². The van der Waals surface area contributed by atoms with E-state index in [2.05, 4.69) is 23.6 Å². The van der Waals surface area contributed by atoms with Crippen LogP contribution in [0.5, 0.6) is 0 Å². The Morgan fingerprint density at radius 3 is 2.90 bits per heavy atom. The first-order valence-electron chi connectivity index (χ1n) is 7.83. The van der Waals surface area contributed by atoms with Crippen LogP contribution < -0.4 is 10.6 Å². The second-order valence-electron chi connectivity index (χ2n) is 6.43. The molecule has 21 heavy (non-hydrogen) atoms. The molecule has 0 aromatic heterocycles. The van der Waals surface area contributed by atoms with Gasteiger partial charge in [0.15, 0.2) is 0 Å². The molecule has 2 aliphatic rings. The molecule has 4 heteroatoms. The van der Waals surface area contributed by atoms with E-state index in [-0.39, 0.29) is 18.3 Å². The quantitative estimate of drug-likeness (QED) is 0.900. The van der Waals surface area contributed by atoms with Crippen molar-refractivity contribution in [1.29, 1.82) is 0 Å². The molecule has 2 unspecified atom stereocenters. The van der Waals surface area contributed by atoms with E-state index in [0.29, 0.717) is 5.92 Å². The van der Waals surface area contributed by atoms with Crippen LogP contribution in [0.25, 0.3) is 0 Å². The van der Waals surface area contributed by atoms with Crippen LogP contribution in [0.3, 0.4) is 0 Å². The molecule has 1 aromatic carbocycles. The molecule has 0 radical (unpaired) electrons. The lowest BCUT2D eigenvalue weighted by molar-refractivity contribution is 0.0940. The molecule has 1 aromatic rings. The summed E-state index contributed by atoms with van der Waals surface area (Å²) in [5, 5.41) is 6.43. The lowest BCUT2D eigenvalue weighted by Gasteiger charge is -2.26. The number of benzene rings is 1. The SMILES string of the molecule is CC1CCCC(CNC(=O)c2ccc3c(c2)CNC3)C1.Cl. The molecule has 1 saturated carbocycles. The van der Waals surface area contributed by atoms with Gasteiger partial charge < -0.3 is 10.6 Å². The van der Waals surface area contributed by atoms with Crippen LogP contribution in [0.2, 0.25) is 0 Å².